The molecular weight excluding hydrogens is 220 g/mol. The molecule has 106 valence electrons. The van der Waals surface area contributed by atoms with Crippen LogP contribution in [0.25, 0.3) is 0 Å². The van der Waals surface area contributed by atoms with Gasteiger partial charge in [0.1, 0.15) is 0 Å². The Morgan fingerprint density at radius 1 is 1.11 bits per heavy atom. The molecule has 0 aromatic carbocycles. The maximum Gasteiger partial charge on any atom is 0.0122 e. The minimum atomic E-state index is 0.741. The van der Waals surface area contributed by atoms with Gasteiger partial charge in [-0.2, -0.15) is 0 Å². The fourth-order valence-electron chi connectivity index (χ4n) is 3.81. The minimum absolute atomic E-state index is 0.741. The highest BCUT2D eigenvalue weighted by molar-refractivity contribution is 4.89. The fraction of sp³-hybridized carbons (Fsp3) is 1.00. The molecule has 2 heteroatoms. The highest BCUT2D eigenvalue weighted by Gasteiger charge is 2.31. The van der Waals surface area contributed by atoms with Crippen LogP contribution in [0.5, 0.6) is 0 Å². The third kappa shape index (κ3) is 3.48. The standard InChI is InChI=1S/C16H32N2/c1-5-14-6-8-15(9-7-14)17-16-10-13(3)18(4)11-12(16)2/h12-17H,5-11H2,1-4H3. The number of nitrogens with zero attached hydrogens (tertiary/aromatic N) is 1. The van der Waals surface area contributed by atoms with Gasteiger partial charge in [0, 0.05) is 24.7 Å². The van der Waals surface area contributed by atoms with Crippen LogP contribution in [0.15, 0.2) is 0 Å². The van der Waals surface area contributed by atoms with Crippen LogP contribution in [0.1, 0.15) is 59.3 Å². The van der Waals surface area contributed by atoms with Crippen molar-refractivity contribution < 1.29 is 0 Å². The van der Waals surface area contributed by atoms with Crippen LogP contribution in [0.3, 0.4) is 0 Å². The Morgan fingerprint density at radius 3 is 2.39 bits per heavy atom. The van der Waals surface area contributed by atoms with Crippen LogP contribution in [-0.2, 0) is 0 Å². The van der Waals surface area contributed by atoms with Crippen molar-refractivity contribution in [3.8, 4) is 0 Å². The third-order valence-electron chi connectivity index (χ3n) is 5.48. The molecule has 2 fully saturated rings. The van der Waals surface area contributed by atoms with E-state index in [4.69, 9.17) is 0 Å². The molecule has 2 aliphatic rings. The Balaban J connectivity index is 1.79. The van der Waals surface area contributed by atoms with Gasteiger partial charge in [-0.3, -0.25) is 0 Å². The Kier molecular flexibility index (Phi) is 5.08. The number of rotatable bonds is 3. The molecule has 0 aromatic rings. The normalized spacial score (nSPS) is 43.0. The summed E-state index contributed by atoms with van der Waals surface area (Å²) in [4.78, 5) is 2.51. The van der Waals surface area contributed by atoms with E-state index in [0.29, 0.717) is 0 Å². The Hall–Kier alpha value is -0.0800. The highest BCUT2D eigenvalue weighted by Crippen LogP contribution is 2.28. The van der Waals surface area contributed by atoms with Crippen molar-refractivity contribution in [1.29, 1.82) is 0 Å². The molecule has 0 bridgehead atoms. The van der Waals surface area contributed by atoms with Gasteiger partial charge in [-0.15, -0.1) is 0 Å². The summed E-state index contributed by atoms with van der Waals surface area (Å²) in [5, 5.41) is 3.98. The van der Waals surface area contributed by atoms with Crippen molar-refractivity contribution in [2.45, 2.75) is 77.4 Å². The second kappa shape index (κ2) is 6.38. The number of hydrogen-bond donors (Lipinski definition) is 1. The molecule has 2 nitrogen and oxygen atoms in total. The molecule has 1 aliphatic carbocycles. The summed E-state index contributed by atoms with van der Waals surface area (Å²) in [5.74, 6) is 1.81. The first-order valence-electron chi connectivity index (χ1n) is 8.06. The summed E-state index contributed by atoms with van der Waals surface area (Å²) in [6.45, 7) is 8.38. The summed E-state index contributed by atoms with van der Waals surface area (Å²) >= 11 is 0. The fourth-order valence-corrected chi connectivity index (χ4v) is 3.81. The van der Waals surface area contributed by atoms with Crippen molar-refractivity contribution in [3.63, 3.8) is 0 Å². The van der Waals surface area contributed by atoms with Crippen molar-refractivity contribution in [2.24, 2.45) is 11.8 Å². The quantitative estimate of drug-likeness (QED) is 0.829. The van der Waals surface area contributed by atoms with E-state index in [1.54, 1.807) is 0 Å². The largest absolute Gasteiger partial charge is 0.311 e. The van der Waals surface area contributed by atoms with Crippen LogP contribution in [0.4, 0.5) is 0 Å². The lowest BCUT2D eigenvalue weighted by Gasteiger charge is -2.42. The molecule has 1 heterocycles. The van der Waals surface area contributed by atoms with E-state index in [1.807, 2.05) is 0 Å². The predicted octanol–water partition coefficient (Wildman–Crippen LogP) is 3.27. The Bertz CT molecular complexity index is 245. The summed E-state index contributed by atoms with van der Waals surface area (Å²) in [5.41, 5.74) is 0. The SMILES string of the molecule is CCC1CCC(NC2CC(C)N(C)CC2C)CC1. The van der Waals surface area contributed by atoms with E-state index < -0.39 is 0 Å². The zero-order valence-corrected chi connectivity index (χ0v) is 12.8. The lowest BCUT2D eigenvalue weighted by Crippen LogP contribution is -2.53. The maximum atomic E-state index is 3.98. The molecule has 3 atom stereocenters. The lowest BCUT2D eigenvalue weighted by atomic mass is 9.82. The first-order valence-corrected chi connectivity index (χ1v) is 8.06. The maximum absolute atomic E-state index is 3.98. The van der Waals surface area contributed by atoms with Gasteiger partial charge in [-0.25, -0.2) is 0 Å². The average molecular weight is 252 g/mol. The zero-order valence-electron chi connectivity index (χ0n) is 12.8. The molecule has 1 N–H and O–H groups in total. The molecule has 0 amide bonds. The van der Waals surface area contributed by atoms with Crippen LogP contribution < -0.4 is 5.32 Å². The number of piperidine rings is 1. The number of hydrogen-bond acceptors (Lipinski definition) is 2. The van der Waals surface area contributed by atoms with E-state index in [0.717, 1.165) is 30.0 Å². The molecule has 0 aromatic heterocycles. The highest BCUT2D eigenvalue weighted by atomic mass is 15.2. The van der Waals surface area contributed by atoms with Gasteiger partial charge < -0.3 is 10.2 Å². The van der Waals surface area contributed by atoms with Crippen LogP contribution in [-0.4, -0.2) is 36.6 Å². The summed E-state index contributed by atoms with van der Waals surface area (Å²) in [6, 6.07) is 2.29. The van der Waals surface area contributed by atoms with Gasteiger partial charge in [0.15, 0.2) is 0 Å². The molecule has 1 saturated heterocycles. The molecule has 18 heavy (non-hydrogen) atoms. The topological polar surface area (TPSA) is 15.3 Å². The van der Waals surface area contributed by atoms with Crippen molar-refractivity contribution in [3.05, 3.63) is 0 Å². The minimum Gasteiger partial charge on any atom is -0.311 e. The molecule has 0 radical (unpaired) electrons. The Labute approximate surface area is 114 Å². The number of likely N-dealkylation sites (tertiary alicyclic amines) is 1. The van der Waals surface area contributed by atoms with E-state index in [2.05, 4.69) is 38.0 Å². The first kappa shape index (κ1) is 14.3. The molecule has 1 saturated carbocycles. The van der Waals surface area contributed by atoms with Crippen molar-refractivity contribution >= 4 is 0 Å². The predicted molar refractivity (Wildman–Crippen MR) is 78.8 cm³/mol. The lowest BCUT2D eigenvalue weighted by molar-refractivity contribution is 0.109. The molecule has 2 rings (SSSR count). The molecule has 3 unspecified atom stereocenters. The van der Waals surface area contributed by atoms with E-state index in [1.165, 1.54) is 45.1 Å². The van der Waals surface area contributed by atoms with Crippen molar-refractivity contribution in [2.75, 3.05) is 13.6 Å². The van der Waals surface area contributed by atoms with Gasteiger partial charge in [0.25, 0.3) is 0 Å². The second-order valence-corrected chi connectivity index (χ2v) is 6.90. The molecular formula is C16H32N2. The first-order chi connectivity index (χ1) is 8.60. The molecule has 0 spiro atoms. The van der Waals surface area contributed by atoms with Crippen LogP contribution in [0, 0.1) is 11.8 Å². The van der Waals surface area contributed by atoms with E-state index in [9.17, 15) is 0 Å². The molecule has 1 aliphatic heterocycles. The number of nitrogens with one attached hydrogen (secondary N) is 1. The Morgan fingerprint density at radius 2 is 1.78 bits per heavy atom. The summed E-state index contributed by atoms with van der Waals surface area (Å²) < 4.78 is 0. The van der Waals surface area contributed by atoms with E-state index in [-0.39, 0.29) is 0 Å². The zero-order chi connectivity index (χ0) is 13.1. The van der Waals surface area contributed by atoms with Gasteiger partial charge >= 0.3 is 0 Å². The van der Waals surface area contributed by atoms with Gasteiger partial charge in [0.05, 0.1) is 0 Å². The van der Waals surface area contributed by atoms with Gasteiger partial charge in [-0.05, 0) is 57.9 Å². The van der Waals surface area contributed by atoms with Crippen LogP contribution >= 0.6 is 0 Å². The average Bonchev–Trinajstić information content (AvgIpc) is 2.37. The van der Waals surface area contributed by atoms with Crippen LogP contribution in [0.2, 0.25) is 0 Å². The second-order valence-electron chi connectivity index (χ2n) is 6.90. The van der Waals surface area contributed by atoms with Crippen molar-refractivity contribution in [1.82, 2.24) is 10.2 Å². The summed E-state index contributed by atoms with van der Waals surface area (Å²) in [6.07, 6.45) is 8.42. The van der Waals surface area contributed by atoms with Gasteiger partial charge in [0.2, 0.25) is 0 Å². The third-order valence-corrected chi connectivity index (χ3v) is 5.48. The van der Waals surface area contributed by atoms with E-state index >= 15 is 0 Å². The monoisotopic (exact) mass is 252 g/mol. The summed E-state index contributed by atoms with van der Waals surface area (Å²) in [7, 11) is 2.27. The van der Waals surface area contributed by atoms with Gasteiger partial charge in [-0.1, -0.05) is 20.3 Å². The smallest absolute Gasteiger partial charge is 0.0122 e.